The lowest BCUT2D eigenvalue weighted by Crippen LogP contribution is -2.38. The van der Waals surface area contributed by atoms with Crippen molar-refractivity contribution in [2.45, 2.75) is 72.8 Å². The summed E-state index contributed by atoms with van der Waals surface area (Å²) in [4.78, 5) is 11.5. The molecule has 1 aliphatic rings. The van der Waals surface area contributed by atoms with Gasteiger partial charge in [-0.05, 0) is 45.4 Å². The van der Waals surface area contributed by atoms with Crippen molar-refractivity contribution in [3.8, 4) is 0 Å². The Kier molecular flexibility index (Phi) is 7.27. The summed E-state index contributed by atoms with van der Waals surface area (Å²) in [6, 6.07) is 0. The highest BCUT2D eigenvalue weighted by Gasteiger charge is 2.35. The normalized spacial score (nSPS) is 23.7. The number of hydrogen-bond acceptors (Lipinski definition) is 2. The maximum atomic E-state index is 11.5. The molecule has 0 unspecified atom stereocenters. The smallest absolute Gasteiger partial charge is 0.333 e. The SMILES string of the molecule is C=C(C)C(=O)OC(C)(C)C1CCC(C)CC1.CC. The van der Waals surface area contributed by atoms with Crippen molar-refractivity contribution in [1.82, 2.24) is 0 Å². The second-order valence-corrected chi connectivity index (χ2v) is 5.73. The van der Waals surface area contributed by atoms with Gasteiger partial charge in [-0.3, -0.25) is 0 Å². The van der Waals surface area contributed by atoms with Gasteiger partial charge in [-0.15, -0.1) is 0 Å². The van der Waals surface area contributed by atoms with Gasteiger partial charge in [0.1, 0.15) is 5.60 Å². The number of hydrogen-bond donors (Lipinski definition) is 0. The van der Waals surface area contributed by atoms with Crippen LogP contribution in [0.2, 0.25) is 0 Å². The van der Waals surface area contributed by atoms with Gasteiger partial charge in [0.15, 0.2) is 0 Å². The van der Waals surface area contributed by atoms with E-state index in [0.717, 1.165) is 18.8 Å². The zero-order valence-corrected chi connectivity index (χ0v) is 13.0. The molecule has 0 N–H and O–H groups in total. The van der Waals surface area contributed by atoms with Gasteiger partial charge in [0.05, 0.1) is 0 Å². The third-order valence-electron chi connectivity index (χ3n) is 3.70. The Bertz CT molecular complexity index is 271. The second-order valence-electron chi connectivity index (χ2n) is 5.73. The number of carbonyl (C=O) groups is 1. The van der Waals surface area contributed by atoms with Crippen molar-refractivity contribution in [3.63, 3.8) is 0 Å². The maximum Gasteiger partial charge on any atom is 0.333 e. The summed E-state index contributed by atoms with van der Waals surface area (Å²) >= 11 is 0. The molecule has 1 rings (SSSR count). The van der Waals surface area contributed by atoms with E-state index in [1.54, 1.807) is 6.92 Å². The minimum absolute atomic E-state index is 0.261. The molecule has 0 saturated heterocycles. The summed E-state index contributed by atoms with van der Waals surface area (Å²) in [6.07, 6.45) is 4.83. The highest BCUT2D eigenvalue weighted by molar-refractivity contribution is 5.87. The van der Waals surface area contributed by atoms with Gasteiger partial charge in [-0.25, -0.2) is 4.79 Å². The van der Waals surface area contributed by atoms with Crippen LogP contribution in [0.1, 0.15) is 67.2 Å². The van der Waals surface area contributed by atoms with Crippen molar-refractivity contribution in [1.29, 1.82) is 0 Å². The monoisotopic (exact) mass is 254 g/mol. The summed E-state index contributed by atoms with van der Waals surface area (Å²) in [5, 5.41) is 0. The number of ether oxygens (including phenoxy) is 1. The largest absolute Gasteiger partial charge is 0.456 e. The van der Waals surface area contributed by atoms with E-state index in [0.29, 0.717) is 11.5 Å². The summed E-state index contributed by atoms with van der Waals surface area (Å²) in [5.74, 6) is 1.06. The molecular weight excluding hydrogens is 224 g/mol. The zero-order chi connectivity index (χ0) is 14.3. The van der Waals surface area contributed by atoms with Crippen LogP contribution in [-0.2, 0) is 9.53 Å². The van der Waals surface area contributed by atoms with Gasteiger partial charge in [0.25, 0.3) is 0 Å². The van der Waals surface area contributed by atoms with Crippen molar-refractivity contribution in [2.75, 3.05) is 0 Å². The molecule has 106 valence electrons. The molecule has 2 heteroatoms. The fourth-order valence-corrected chi connectivity index (χ4v) is 2.36. The molecule has 0 atom stereocenters. The molecule has 0 amide bonds. The highest BCUT2D eigenvalue weighted by atomic mass is 16.6. The molecule has 0 aromatic heterocycles. The lowest BCUT2D eigenvalue weighted by molar-refractivity contribution is -0.158. The molecule has 0 radical (unpaired) electrons. The number of esters is 1. The molecule has 0 spiro atoms. The Morgan fingerprint density at radius 2 is 1.61 bits per heavy atom. The lowest BCUT2D eigenvalue weighted by atomic mass is 9.75. The Labute approximate surface area is 113 Å². The topological polar surface area (TPSA) is 26.3 Å². The van der Waals surface area contributed by atoms with Gasteiger partial charge in [0.2, 0.25) is 0 Å². The van der Waals surface area contributed by atoms with Gasteiger partial charge in [-0.1, -0.05) is 40.2 Å². The van der Waals surface area contributed by atoms with Crippen LogP contribution in [0.25, 0.3) is 0 Å². The number of rotatable bonds is 3. The van der Waals surface area contributed by atoms with Crippen LogP contribution in [0.15, 0.2) is 12.2 Å². The first-order chi connectivity index (χ1) is 8.33. The van der Waals surface area contributed by atoms with Crippen LogP contribution in [0.4, 0.5) is 0 Å². The predicted octanol–water partition coefficient (Wildman–Crippen LogP) is 4.74. The molecule has 2 nitrogen and oxygen atoms in total. The Morgan fingerprint density at radius 3 is 2.00 bits per heavy atom. The summed E-state index contributed by atoms with van der Waals surface area (Å²) in [5.41, 5.74) is 0.133. The van der Waals surface area contributed by atoms with E-state index < -0.39 is 0 Å². The van der Waals surface area contributed by atoms with Crippen LogP contribution < -0.4 is 0 Å². The molecule has 1 saturated carbocycles. The average molecular weight is 254 g/mol. The molecule has 0 bridgehead atoms. The fourth-order valence-electron chi connectivity index (χ4n) is 2.36. The number of carbonyl (C=O) groups excluding carboxylic acids is 1. The average Bonchev–Trinajstić information content (AvgIpc) is 2.31. The predicted molar refractivity (Wildman–Crippen MR) is 77.5 cm³/mol. The van der Waals surface area contributed by atoms with Crippen LogP contribution in [0.3, 0.4) is 0 Å². The second kappa shape index (κ2) is 7.60. The maximum absolute atomic E-state index is 11.5. The van der Waals surface area contributed by atoms with Crippen LogP contribution in [0.5, 0.6) is 0 Å². The third-order valence-corrected chi connectivity index (χ3v) is 3.70. The molecule has 0 aromatic carbocycles. The van der Waals surface area contributed by atoms with Gasteiger partial charge in [0, 0.05) is 5.57 Å². The molecule has 1 aliphatic carbocycles. The van der Waals surface area contributed by atoms with Crippen molar-refractivity contribution < 1.29 is 9.53 Å². The van der Waals surface area contributed by atoms with E-state index in [-0.39, 0.29) is 11.6 Å². The first-order valence-electron chi connectivity index (χ1n) is 7.21. The third kappa shape index (κ3) is 5.24. The Balaban J connectivity index is 0.00000137. The van der Waals surface area contributed by atoms with Gasteiger partial charge < -0.3 is 4.74 Å². The first kappa shape index (κ1) is 17.2. The van der Waals surface area contributed by atoms with E-state index in [9.17, 15) is 4.79 Å². The van der Waals surface area contributed by atoms with Crippen molar-refractivity contribution in [2.24, 2.45) is 11.8 Å². The zero-order valence-electron chi connectivity index (χ0n) is 13.0. The lowest BCUT2D eigenvalue weighted by Gasteiger charge is -2.38. The molecular formula is C16H30O2. The van der Waals surface area contributed by atoms with Gasteiger partial charge in [-0.2, -0.15) is 0 Å². The van der Waals surface area contributed by atoms with E-state index in [2.05, 4.69) is 13.5 Å². The molecule has 0 heterocycles. The first-order valence-corrected chi connectivity index (χ1v) is 7.21. The fraction of sp³-hybridized carbons (Fsp3) is 0.812. The molecule has 0 aromatic rings. The van der Waals surface area contributed by atoms with E-state index >= 15 is 0 Å². The Morgan fingerprint density at radius 1 is 1.17 bits per heavy atom. The van der Waals surface area contributed by atoms with E-state index in [4.69, 9.17) is 4.74 Å². The van der Waals surface area contributed by atoms with Crippen LogP contribution >= 0.6 is 0 Å². The highest BCUT2D eigenvalue weighted by Crippen LogP contribution is 2.37. The standard InChI is InChI=1S/C14H24O2.C2H6/c1-10(2)13(15)16-14(4,5)12-8-6-11(3)7-9-12;1-2/h11-12H,1,6-9H2,2-5H3;1-2H3. The van der Waals surface area contributed by atoms with Crippen molar-refractivity contribution >= 4 is 5.97 Å². The van der Waals surface area contributed by atoms with E-state index in [1.807, 2.05) is 27.7 Å². The summed E-state index contributed by atoms with van der Waals surface area (Å²) in [7, 11) is 0. The minimum Gasteiger partial charge on any atom is -0.456 e. The van der Waals surface area contributed by atoms with Crippen LogP contribution in [-0.4, -0.2) is 11.6 Å². The van der Waals surface area contributed by atoms with Crippen molar-refractivity contribution in [3.05, 3.63) is 12.2 Å². The Hall–Kier alpha value is -0.790. The van der Waals surface area contributed by atoms with Crippen LogP contribution in [0, 0.1) is 11.8 Å². The molecule has 1 fully saturated rings. The van der Waals surface area contributed by atoms with E-state index in [1.165, 1.54) is 12.8 Å². The molecule has 18 heavy (non-hydrogen) atoms. The van der Waals surface area contributed by atoms with Gasteiger partial charge >= 0.3 is 5.97 Å². The quantitative estimate of drug-likeness (QED) is 0.537. The summed E-state index contributed by atoms with van der Waals surface area (Å²) in [6.45, 7) is 15.7. The summed E-state index contributed by atoms with van der Waals surface area (Å²) < 4.78 is 5.54. The molecule has 0 aliphatic heterocycles. The minimum atomic E-state index is -0.351.